The normalized spacial score (nSPS) is 10.7. The number of nitrogens with zero attached hydrogens (tertiary/aromatic N) is 1. The van der Waals surface area contributed by atoms with Crippen molar-refractivity contribution in [1.29, 1.82) is 0 Å². The zero-order valence-corrected chi connectivity index (χ0v) is 17.8. The molecule has 0 bridgehead atoms. The molecule has 0 aliphatic carbocycles. The SMILES string of the molecule is COc1ccc(-c2cc(C(=O)Nc3ccccc3F)c(C)n2-c2ccccc2Cl)cc1. The van der Waals surface area contributed by atoms with Gasteiger partial charge in [0.15, 0.2) is 0 Å². The maximum absolute atomic E-state index is 14.1. The summed E-state index contributed by atoms with van der Waals surface area (Å²) in [6, 6.07) is 22.8. The van der Waals surface area contributed by atoms with E-state index in [4.69, 9.17) is 16.3 Å². The minimum absolute atomic E-state index is 0.128. The Kier molecular flexibility index (Phi) is 5.78. The molecule has 0 saturated carbocycles. The van der Waals surface area contributed by atoms with Crippen LogP contribution in [-0.4, -0.2) is 17.6 Å². The summed E-state index contributed by atoms with van der Waals surface area (Å²) in [5.41, 5.74) is 3.66. The third kappa shape index (κ3) is 4.05. The van der Waals surface area contributed by atoms with Gasteiger partial charge in [-0.1, -0.05) is 35.9 Å². The maximum Gasteiger partial charge on any atom is 0.257 e. The van der Waals surface area contributed by atoms with Crippen LogP contribution >= 0.6 is 11.6 Å². The third-order valence-electron chi connectivity index (χ3n) is 5.09. The molecule has 0 aliphatic heterocycles. The highest BCUT2D eigenvalue weighted by molar-refractivity contribution is 6.32. The summed E-state index contributed by atoms with van der Waals surface area (Å²) >= 11 is 6.49. The summed E-state index contributed by atoms with van der Waals surface area (Å²) in [4.78, 5) is 13.1. The van der Waals surface area contributed by atoms with Gasteiger partial charge in [0.25, 0.3) is 5.91 Å². The lowest BCUT2D eigenvalue weighted by Crippen LogP contribution is -2.14. The van der Waals surface area contributed by atoms with Gasteiger partial charge in [0.05, 0.1) is 34.8 Å². The number of rotatable bonds is 5. The van der Waals surface area contributed by atoms with Gasteiger partial charge in [-0.3, -0.25) is 4.79 Å². The Morgan fingerprint density at radius 2 is 1.68 bits per heavy atom. The first kappa shape index (κ1) is 20.7. The number of nitrogens with one attached hydrogen (secondary N) is 1. The van der Waals surface area contributed by atoms with Crippen molar-refractivity contribution in [3.63, 3.8) is 0 Å². The summed E-state index contributed by atoms with van der Waals surface area (Å²) < 4.78 is 21.2. The van der Waals surface area contributed by atoms with Crippen LogP contribution in [0.15, 0.2) is 78.9 Å². The first-order valence-corrected chi connectivity index (χ1v) is 10.0. The molecule has 3 aromatic carbocycles. The van der Waals surface area contributed by atoms with Gasteiger partial charge in [0.1, 0.15) is 11.6 Å². The molecule has 0 fully saturated rings. The van der Waals surface area contributed by atoms with Gasteiger partial charge in [-0.2, -0.15) is 0 Å². The largest absolute Gasteiger partial charge is 0.497 e. The molecule has 0 radical (unpaired) electrons. The van der Waals surface area contributed by atoms with Gasteiger partial charge in [-0.15, -0.1) is 0 Å². The number of methoxy groups -OCH3 is 1. The molecule has 1 N–H and O–H groups in total. The molecule has 0 saturated heterocycles. The summed E-state index contributed by atoms with van der Waals surface area (Å²) in [7, 11) is 1.61. The van der Waals surface area contributed by atoms with Crippen LogP contribution in [0.25, 0.3) is 16.9 Å². The maximum atomic E-state index is 14.1. The number of anilines is 1. The monoisotopic (exact) mass is 434 g/mol. The van der Waals surface area contributed by atoms with Crippen molar-refractivity contribution in [2.75, 3.05) is 12.4 Å². The first-order valence-electron chi connectivity index (χ1n) is 9.67. The van der Waals surface area contributed by atoms with Crippen molar-refractivity contribution >= 4 is 23.2 Å². The van der Waals surface area contributed by atoms with Crippen molar-refractivity contribution in [2.45, 2.75) is 6.92 Å². The number of hydrogen-bond acceptors (Lipinski definition) is 2. The van der Waals surface area contributed by atoms with E-state index in [0.717, 1.165) is 22.7 Å². The first-order chi connectivity index (χ1) is 15.0. The lowest BCUT2D eigenvalue weighted by molar-refractivity contribution is 0.102. The van der Waals surface area contributed by atoms with E-state index < -0.39 is 11.7 Å². The van der Waals surface area contributed by atoms with Gasteiger partial charge in [0.2, 0.25) is 0 Å². The van der Waals surface area contributed by atoms with E-state index in [9.17, 15) is 9.18 Å². The van der Waals surface area contributed by atoms with Crippen LogP contribution in [0, 0.1) is 12.7 Å². The standard InChI is InChI=1S/C25H20ClFN2O2/c1-16-19(25(30)28-22-9-5-4-8-21(22)27)15-24(17-11-13-18(31-2)14-12-17)29(16)23-10-6-3-7-20(23)26/h3-15H,1-2H3,(H,28,30). The van der Waals surface area contributed by atoms with E-state index in [1.165, 1.54) is 12.1 Å². The van der Waals surface area contributed by atoms with Gasteiger partial charge in [-0.25, -0.2) is 4.39 Å². The van der Waals surface area contributed by atoms with Gasteiger partial charge >= 0.3 is 0 Å². The molecule has 1 heterocycles. The van der Waals surface area contributed by atoms with Crippen LogP contribution in [0.1, 0.15) is 16.1 Å². The molecular formula is C25H20ClFN2O2. The Bertz CT molecular complexity index is 1250. The van der Waals surface area contributed by atoms with Crippen molar-refractivity contribution < 1.29 is 13.9 Å². The molecule has 4 rings (SSSR count). The highest BCUT2D eigenvalue weighted by atomic mass is 35.5. The van der Waals surface area contributed by atoms with Crippen molar-refractivity contribution in [2.24, 2.45) is 0 Å². The van der Waals surface area contributed by atoms with E-state index in [0.29, 0.717) is 16.3 Å². The topological polar surface area (TPSA) is 43.3 Å². The van der Waals surface area contributed by atoms with Crippen LogP contribution in [-0.2, 0) is 0 Å². The number of carbonyl (C=O) groups is 1. The van der Waals surface area contributed by atoms with E-state index in [2.05, 4.69) is 5.32 Å². The zero-order chi connectivity index (χ0) is 22.0. The van der Waals surface area contributed by atoms with Crippen molar-refractivity contribution in [1.82, 2.24) is 4.57 Å². The van der Waals surface area contributed by atoms with Gasteiger partial charge in [-0.05, 0) is 67.1 Å². The Hall–Kier alpha value is -3.57. The Balaban J connectivity index is 1.84. The van der Waals surface area contributed by atoms with Crippen molar-refractivity contribution in [3.8, 4) is 22.7 Å². The zero-order valence-electron chi connectivity index (χ0n) is 17.0. The number of halogens is 2. The number of aromatic nitrogens is 1. The smallest absolute Gasteiger partial charge is 0.257 e. The van der Waals surface area contributed by atoms with Gasteiger partial charge < -0.3 is 14.6 Å². The van der Waals surface area contributed by atoms with Gasteiger partial charge in [0, 0.05) is 5.69 Å². The third-order valence-corrected chi connectivity index (χ3v) is 5.41. The fraction of sp³-hybridized carbons (Fsp3) is 0.0800. The summed E-state index contributed by atoms with van der Waals surface area (Å²) in [6.45, 7) is 1.84. The Morgan fingerprint density at radius 1 is 1.00 bits per heavy atom. The van der Waals surface area contributed by atoms with E-state index >= 15 is 0 Å². The summed E-state index contributed by atoms with van der Waals surface area (Å²) in [5, 5.41) is 3.22. The lowest BCUT2D eigenvalue weighted by atomic mass is 10.1. The van der Waals surface area contributed by atoms with E-state index in [1.807, 2.05) is 54.0 Å². The summed E-state index contributed by atoms with van der Waals surface area (Å²) in [5.74, 6) is -0.161. The predicted octanol–water partition coefficient (Wildman–Crippen LogP) is 6.51. The predicted molar refractivity (Wildman–Crippen MR) is 122 cm³/mol. The number of hydrogen-bond donors (Lipinski definition) is 1. The molecule has 4 nitrogen and oxygen atoms in total. The molecule has 0 unspecified atom stereocenters. The second kappa shape index (κ2) is 8.66. The average molecular weight is 435 g/mol. The molecule has 0 spiro atoms. The van der Waals surface area contributed by atoms with E-state index in [-0.39, 0.29) is 5.69 Å². The Labute approximate surface area is 184 Å². The second-order valence-corrected chi connectivity index (χ2v) is 7.39. The molecule has 6 heteroatoms. The molecule has 0 atom stereocenters. The molecular weight excluding hydrogens is 415 g/mol. The highest BCUT2D eigenvalue weighted by Crippen LogP contribution is 2.33. The number of benzene rings is 3. The van der Waals surface area contributed by atoms with Crippen molar-refractivity contribution in [3.05, 3.63) is 101 Å². The number of amides is 1. The number of para-hydroxylation sites is 2. The average Bonchev–Trinajstić information content (AvgIpc) is 3.13. The Morgan fingerprint density at radius 3 is 2.35 bits per heavy atom. The minimum Gasteiger partial charge on any atom is -0.497 e. The molecule has 1 amide bonds. The number of carbonyl (C=O) groups excluding carboxylic acids is 1. The molecule has 4 aromatic rings. The molecule has 0 aliphatic rings. The fourth-order valence-corrected chi connectivity index (χ4v) is 3.73. The van der Waals surface area contributed by atoms with Crippen LogP contribution < -0.4 is 10.1 Å². The lowest BCUT2D eigenvalue weighted by Gasteiger charge is -2.14. The molecule has 31 heavy (non-hydrogen) atoms. The quantitative estimate of drug-likeness (QED) is 0.389. The minimum atomic E-state index is -0.491. The summed E-state index contributed by atoms with van der Waals surface area (Å²) in [6.07, 6.45) is 0. The highest BCUT2D eigenvalue weighted by Gasteiger charge is 2.21. The molecule has 156 valence electrons. The van der Waals surface area contributed by atoms with E-state index in [1.54, 1.807) is 31.4 Å². The number of ether oxygens (including phenoxy) is 1. The molecule has 1 aromatic heterocycles. The van der Waals surface area contributed by atoms with Crippen LogP contribution in [0.4, 0.5) is 10.1 Å². The van der Waals surface area contributed by atoms with Crippen LogP contribution in [0.2, 0.25) is 5.02 Å². The van der Waals surface area contributed by atoms with Crippen LogP contribution in [0.3, 0.4) is 0 Å². The fourth-order valence-electron chi connectivity index (χ4n) is 3.51. The second-order valence-electron chi connectivity index (χ2n) is 6.98. The van der Waals surface area contributed by atoms with Crippen LogP contribution in [0.5, 0.6) is 5.75 Å².